The lowest BCUT2D eigenvalue weighted by atomic mass is 10.1. The monoisotopic (exact) mass is 374 g/mol. The number of carbonyl (C=O) groups excluding carboxylic acids is 2. The molecule has 2 rings (SSSR count). The number of nitrogens with zero attached hydrogens (tertiary/aromatic N) is 1. The summed E-state index contributed by atoms with van der Waals surface area (Å²) in [5.41, 5.74) is -0.726. The third-order valence-electron chi connectivity index (χ3n) is 3.58. The number of halogens is 3. The van der Waals surface area contributed by atoms with Crippen LogP contribution in [0.1, 0.15) is 27.2 Å². The van der Waals surface area contributed by atoms with Gasteiger partial charge in [0.15, 0.2) is 5.75 Å². The summed E-state index contributed by atoms with van der Waals surface area (Å²) in [4.78, 5) is 25.8. The predicted molar refractivity (Wildman–Crippen MR) is 87.7 cm³/mol. The van der Waals surface area contributed by atoms with Gasteiger partial charge >= 0.3 is 12.5 Å². The molecule has 0 radical (unpaired) electrons. The molecule has 1 aromatic carbocycles. The number of hydrogen-bond donors (Lipinski definition) is 1. The van der Waals surface area contributed by atoms with Crippen LogP contribution in [0.3, 0.4) is 0 Å². The summed E-state index contributed by atoms with van der Waals surface area (Å²) >= 11 is 0. The highest BCUT2D eigenvalue weighted by Gasteiger charge is 2.35. The van der Waals surface area contributed by atoms with Crippen molar-refractivity contribution in [3.63, 3.8) is 0 Å². The van der Waals surface area contributed by atoms with Crippen molar-refractivity contribution in [3.05, 3.63) is 24.3 Å². The molecular weight excluding hydrogens is 353 g/mol. The van der Waals surface area contributed by atoms with Crippen molar-refractivity contribution in [1.29, 1.82) is 0 Å². The number of carbonyl (C=O) groups is 2. The number of amides is 2. The van der Waals surface area contributed by atoms with Gasteiger partial charge in [-0.1, -0.05) is 12.1 Å². The van der Waals surface area contributed by atoms with Crippen molar-refractivity contribution in [1.82, 2.24) is 4.90 Å². The zero-order chi connectivity index (χ0) is 19.5. The first kappa shape index (κ1) is 19.9. The van der Waals surface area contributed by atoms with Crippen LogP contribution in [0.2, 0.25) is 0 Å². The molecule has 1 fully saturated rings. The number of rotatable bonds is 3. The molecule has 1 N–H and O–H groups in total. The Balaban J connectivity index is 1.98. The molecule has 1 aliphatic heterocycles. The van der Waals surface area contributed by atoms with Crippen LogP contribution in [0.25, 0.3) is 0 Å². The maximum absolute atomic E-state index is 12.4. The van der Waals surface area contributed by atoms with E-state index < -0.39 is 35.6 Å². The number of nitrogens with one attached hydrogen (secondary N) is 1. The van der Waals surface area contributed by atoms with Crippen molar-refractivity contribution < 1.29 is 32.2 Å². The fourth-order valence-electron chi connectivity index (χ4n) is 2.48. The Labute approximate surface area is 149 Å². The molecule has 144 valence electrons. The normalized spacial score (nSPS) is 17.8. The quantitative estimate of drug-likeness (QED) is 0.874. The van der Waals surface area contributed by atoms with Gasteiger partial charge in [-0.3, -0.25) is 4.79 Å². The second kappa shape index (κ2) is 7.43. The summed E-state index contributed by atoms with van der Waals surface area (Å²) in [7, 11) is 0. The molecule has 1 heterocycles. The van der Waals surface area contributed by atoms with E-state index in [1.165, 1.54) is 23.1 Å². The van der Waals surface area contributed by atoms with E-state index in [9.17, 15) is 22.8 Å². The van der Waals surface area contributed by atoms with Crippen molar-refractivity contribution in [3.8, 4) is 5.75 Å². The minimum atomic E-state index is -4.86. The minimum Gasteiger partial charge on any atom is -0.444 e. The Kier molecular flexibility index (Phi) is 5.68. The van der Waals surface area contributed by atoms with E-state index in [0.717, 1.165) is 6.07 Å². The average molecular weight is 374 g/mol. The first-order chi connectivity index (χ1) is 11.9. The standard InChI is InChI=1S/C17H21F3N2O4/c1-16(2,3)26-15(24)22-9-8-11(10-22)14(23)21-12-6-4-5-7-13(12)25-17(18,19)20/h4-7,11H,8-10H2,1-3H3,(H,21,23)/t11-/m1/s1. The SMILES string of the molecule is CC(C)(C)OC(=O)N1CC[C@@H](C(=O)Nc2ccccc2OC(F)(F)F)C1. The van der Waals surface area contributed by atoms with Gasteiger partial charge in [0.25, 0.3) is 0 Å². The molecule has 6 nitrogen and oxygen atoms in total. The van der Waals surface area contributed by atoms with Gasteiger partial charge in [-0.15, -0.1) is 13.2 Å². The van der Waals surface area contributed by atoms with Crippen molar-refractivity contribution in [2.24, 2.45) is 5.92 Å². The first-order valence-corrected chi connectivity index (χ1v) is 8.08. The highest BCUT2D eigenvalue weighted by atomic mass is 19.4. The molecular formula is C17H21F3N2O4. The lowest BCUT2D eigenvalue weighted by molar-refractivity contribution is -0.274. The molecule has 1 atom stereocenters. The van der Waals surface area contributed by atoms with Crippen molar-refractivity contribution in [2.75, 3.05) is 18.4 Å². The summed E-state index contributed by atoms with van der Waals surface area (Å²) in [6, 6.07) is 5.29. The van der Waals surface area contributed by atoms with Crippen LogP contribution in [-0.4, -0.2) is 42.0 Å². The molecule has 26 heavy (non-hydrogen) atoms. The highest BCUT2D eigenvalue weighted by Crippen LogP contribution is 2.31. The van der Waals surface area contributed by atoms with Gasteiger partial charge in [0.2, 0.25) is 5.91 Å². The zero-order valence-corrected chi connectivity index (χ0v) is 14.7. The lowest BCUT2D eigenvalue weighted by Crippen LogP contribution is -2.36. The van der Waals surface area contributed by atoms with E-state index in [1.54, 1.807) is 20.8 Å². The summed E-state index contributed by atoms with van der Waals surface area (Å²) in [5.74, 6) is -1.51. The van der Waals surface area contributed by atoms with Crippen LogP contribution < -0.4 is 10.1 Å². The zero-order valence-electron chi connectivity index (χ0n) is 14.7. The smallest absolute Gasteiger partial charge is 0.444 e. The fraction of sp³-hybridized carbons (Fsp3) is 0.529. The van der Waals surface area contributed by atoms with Gasteiger partial charge in [-0.2, -0.15) is 0 Å². The van der Waals surface area contributed by atoms with Gasteiger partial charge in [0.1, 0.15) is 5.60 Å². The van der Waals surface area contributed by atoms with Gasteiger partial charge in [-0.25, -0.2) is 4.79 Å². The van der Waals surface area contributed by atoms with Crippen molar-refractivity contribution >= 4 is 17.7 Å². The van der Waals surface area contributed by atoms with E-state index in [-0.39, 0.29) is 12.2 Å². The number of benzene rings is 1. The Bertz CT molecular complexity index is 671. The van der Waals surface area contributed by atoms with Gasteiger partial charge in [0, 0.05) is 13.1 Å². The largest absolute Gasteiger partial charge is 0.573 e. The number of para-hydroxylation sites is 2. The maximum Gasteiger partial charge on any atom is 0.573 e. The number of hydrogen-bond acceptors (Lipinski definition) is 4. The molecule has 1 aromatic rings. The number of ether oxygens (including phenoxy) is 2. The summed E-state index contributed by atoms with van der Waals surface area (Å²) in [5, 5.41) is 2.44. The molecule has 0 unspecified atom stereocenters. The third-order valence-corrected chi connectivity index (χ3v) is 3.58. The lowest BCUT2D eigenvalue weighted by Gasteiger charge is -2.24. The Hall–Kier alpha value is -2.45. The molecule has 0 saturated carbocycles. The van der Waals surface area contributed by atoms with E-state index >= 15 is 0 Å². The molecule has 1 saturated heterocycles. The number of likely N-dealkylation sites (tertiary alicyclic amines) is 1. The third kappa shape index (κ3) is 5.82. The molecule has 1 aliphatic rings. The predicted octanol–water partition coefficient (Wildman–Crippen LogP) is 3.78. The van der Waals surface area contributed by atoms with E-state index in [1.807, 2.05) is 0 Å². The highest BCUT2D eigenvalue weighted by molar-refractivity contribution is 5.94. The van der Waals surface area contributed by atoms with Gasteiger partial charge < -0.3 is 19.7 Å². The van der Waals surface area contributed by atoms with Gasteiger partial charge in [0.05, 0.1) is 11.6 Å². The van der Waals surface area contributed by atoms with Crippen LogP contribution in [0.4, 0.5) is 23.7 Å². The second-order valence-corrected chi connectivity index (χ2v) is 6.95. The molecule has 2 amide bonds. The van der Waals surface area contributed by atoms with Crippen molar-refractivity contribution in [2.45, 2.75) is 39.2 Å². The topological polar surface area (TPSA) is 67.9 Å². The summed E-state index contributed by atoms with van der Waals surface area (Å²) in [6.45, 7) is 5.70. The van der Waals surface area contributed by atoms with Crippen LogP contribution >= 0.6 is 0 Å². The van der Waals surface area contributed by atoms with E-state index in [0.29, 0.717) is 13.0 Å². The van der Waals surface area contributed by atoms with Crippen LogP contribution in [0.15, 0.2) is 24.3 Å². The number of anilines is 1. The molecule has 0 bridgehead atoms. The maximum atomic E-state index is 12.4. The second-order valence-electron chi connectivity index (χ2n) is 6.95. The molecule has 0 aliphatic carbocycles. The minimum absolute atomic E-state index is 0.0782. The average Bonchev–Trinajstić information content (AvgIpc) is 2.96. The molecule has 9 heteroatoms. The van der Waals surface area contributed by atoms with Crippen LogP contribution in [-0.2, 0) is 9.53 Å². The van der Waals surface area contributed by atoms with Gasteiger partial charge in [-0.05, 0) is 39.3 Å². The Morgan fingerprint density at radius 2 is 1.85 bits per heavy atom. The van der Waals surface area contributed by atoms with E-state index in [4.69, 9.17) is 4.74 Å². The Morgan fingerprint density at radius 1 is 1.19 bits per heavy atom. The van der Waals surface area contributed by atoms with Crippen LogP contribution in [0.5, 0.6) is 5.75 Å². The summed E-state index contributed by atoms with van der Waals surface area (Å²) in [6.07, 6.45) is -4.98. The Morgan fingerprint density at radius 3 is 2.46 bits per heavy atom. The van der Waals surface area contributed by atoms with Crippen LogP contribution in [0, 0.1) is 5.92 Å². The first-order valence-electron chi connectivity index (χ1n) is 8.08. The molecule has 0 spiro atoms. The molecule has 0 aromatic heterocycles. The fourth-order valence-corrected chi connectivity index (χ4v) is 2.48. The number of alkyl halides is 3. The van der Waals surface area contributed by atoms with E-state index in [2.05, 4.69) is 10.1 Å². The summed E-state index contributed by atoms with van der Waals surface area (Å²) < 4.78 is 46.5.